The van der Waals surface area contributed by atoms with Crippen LogP contribution in [0.4, 0.5) is 0 Å². The van der Waals surface area contributed by atoms with Gasteiger partial charge in [0, 0.05) is 19.1 Å². The van der Waals surface area contributed by atoms with Crippen molar-refractivity contribution in [2.24, 2.45) is 5.73 Å². The van der Waals surface area contributed by atoms with Gasteiger partial charge in [-0.1, -0.05) is 48.5 Å². The number of aryl methyl sites for hydroxylation is 2. The van der Waals surface area contributed by atoms with Gasteiger partial charge in [-0.15, -0.1) is 0 Å². The zero-order valence-corrected chi connectivity index (χ0v) is 13.3. The number of rotatable bonds is 6. The molecule has 2 aromatic carbocycles. The van der Waals surface area contributed by atoms with E-state index in [9.17, 15) is 0 Å². The van der Waals surface area contributed by atoms with Crippen LogP contribution in [0.25, 0.3) is 0 Å². The zero-order valence-electron chi connectivity index (χ0n) is 13.3. The van der Waals surface area contributed by atoms with E-state index in [0.29, 0.717) is 0 Å². The molecular weight excluding hydrogens is 256 g/mol. The Labute approximate surface area is 128 Å². The maximum absolute atomic E-state index is 6.29. The molecule has 2 N–H and O–H groups in total. The van der Waals surface area contributed by atoms with Crippen molar-refractivity contribution in [2.45, 2.75) is 32.9 Å². The summed E-state index contributed by atoms with van der Waals surface area (Å²) in [4.78, 5) is 2.32. The maximum Gasteiger partial charge on any atom is 0.0236 e. The zero-order chi connectivity index (χ0) is 15.2. The Bertz CT molecular complexity index is 543. The normalized spacial score (nSPS) is 12.6. The van der Waals surface area contributed by atoms with E-state index in [1.807, 2.05) is 6.07 Å². The van der Waals surface area contributed by atoms with Crippen LogP contribution in [0.5, 0.6) is 0 Å². The van der Waals surface area contributed by atoms with Crippen molar-refractivity contribution >= 4 is 0 Å². The lowest BCUT2D eigenvalue weighted by Crippen LogP contribution is -2.36. The predicted octanol–water partition coefficient (Wildman–Crippen LogP) is 3.31. The molecule has 0 amide bonds. The van der Waals surface area contributed by atoms with Crippen molar-refractivity contribution in [1.82, 2.24) is 4.90 Å². The minimum atomic E-state index is 0.168. The van der Waals surface area contributed by atoms with E-state index in [1.165, 1.54) is 22.3 Å². The molecule has 2 aromatic rings. The average molecular weight is 282 g/mol. The molecule has 21 heavy (non-hydrogen) atoms. The molecule has 2 nitrogen and oxygen atoms in total. The van der Waals surface area contributed by atoms with Gasteiger partial charge in [-0.05, 0) is 49.6 Å². The van der Waals surface area contributed by atoms with Crippen LogP contribution in [0.2, 0.25) is 0 Å². The van der Waals surface area contributed by atoms with Crippen LogP contribution in [0, 0.1) is 13.8 Å². The molecule has 0 saturated carbocycles. The summed E-state index contributed by atoms with van der Waals surface area (Å²) in [5, 5.41) is 0. The smallest absolute Gasteiger partial charge is 0.0236 e. The quantitative estimate of drug-likeness (QED) is 0.881. The van der Waals surface area contributed by atoms with Crippen molar-refractivity contribution in [3.8, 4) is 0 Å². The van der Waals surface area contributed by atoms with E-state index in [4.69, 9.17) is 5.73 Å². The summed E-state index contributed by atoms with van der Waals surface area (Å²) in [7, 11) is 2.15. The van der Waals surface area contributed by atoms with Crippen molar-refractivity contribution in [3.63, 3.8) is 0 Å². The molecule has 0 unspecified atom stereocenters. The first-order valence-electron chi connectivity index (χ1n) is 7.59. The standard InChI is InChI=1S/C19H26N2/c1-15-8-7-9-16(2)19(15)14-21(3)13-18(20)12-17-10-5-4-6-11-17/h4-11,18H,12-14,20H2,1-3H3/t18-/m0/s1. The number of benzene rings is 2. The Balaban J connectivity index is 1.91. The molecule has 2 heteroatoms. The highest BCUT2D eigenvalue weighted by molar-refractivity contribution is 5.33. The molecule has 0 radical (unpaired) electrons. The first kappa shape index (κ1) is 15.7. The summed E-state index contributed by atoms with van der Waals surface area (Å²) in [5.41, 5.74) is 11.7. The van der Waals surface area contributed by atoms with Gasteiger partial charge in [0.05, 0.1) is 0 Å². The topological polar surface area (TPSA) is 29.3 Å². The molecule has 0 aliphatic rings. The van der Waals surface area contributed by atoms with E-state index in [-0.39, 0.29) is 6.04 Å². The molecule has 112 valence electrons. The highest BCUT2D eigenvalue weighted by atomic mass is 15.1. The lowest BCUT2D eigenvalue weighted by molar-refractivity contribution is 0.301. The van der Waals surface area contributed by atoms with Crippen molar-refractivity contribution in [3.05, 3.63) is 70.8 Å². The van der Waals surface area contributed by atoms with Crippen LogP contribution >= 0.6 is 0 Å². The Hall–Kier alpha value is -1.64. The minimum absolute atomic E-state index is 0.168. The molecule has 0 fully saturated rings. The lowest BCUT2D eigenvalue weighted by Gasteiger charge is -2.23. The molecule has 0 aliphatic heterocycles. The average Bonchev–Trinajstić information content (AvgIpc) is 2.44. The number of nitrogens with zero attached hydrogens (tertiary/aromatic N) is 1. The van der Waals surface area contributed by atoms with Crippen molar-refractivity contribution in [2.75, 3.05) is 13.6 Å². The van der Waals surface area contributed by atoms with Gasteiger partial charge in [0.1, 0.15) is 0 Å². The van der Waals surface area contributed by atoms with Gasteiger partial charge in [-0.2, -0.15) is 0 Å². The SMILES string of the molecule is Cc1cccc(C)c1CN(C)C[C@@H](N)Cc1ccccc1. The number of hydrogen-bond acceptors (Lipinski definition) is 2. The van der Waals surface area contributed by atoms with Gasteiger partial charge in [-0.25, -0.2) is 0 Å². The van der Waals surface area contributed by atoms with E-state index in [1.54, 1.807) is 0 Å². The Morgan fingerprint density at radius 2 is 1.57 bits per heavy atom. The molecule has 0 heterocycles. The van der Waals surface area contributed by atoms with Crippen LogP contribution in [0.15, 0.2) is 48.5 Å². The molecule has 0 bridgehead atoms. The van der Waals surface area contributed by atoms with E-state index in [2.05, 4.69) is 68.3 Å². The third-order valence-electron chi connectivity index (χ3n) is 3.96. The molecule has 0 spiro atoms. The monoisotopic (exact) mass is 282 g/mol. The molecule has 1 atom stereocenters. The van der Waals surface area contributed by atoms with Gasteiger partial charge in [-0.3, -0.25) is 0 Å². The van der Waals surface area contributed by atoms with Gasteiger partial charge in [0.15, 0.2) is 0 Å². The van der Waals surface area contributed by atoms with Gasteiger partial charge >= 0.3 is 0 Å². The van der Waals surface area contributed by atoms with E-state index in [0.717, 1.165) is 19.5 Å². The van der Waals surface area contributed by atoms with Crippen LogP contribution in [0.1, 0.15) is 22.3 Å². The van der Waals surface area contributed by atoms with Gasteiger partial charge in [0.2, 0.25) is 0 Å². The highest BCUT2D eigenvalue weighted by Gasteiger charge is 2.10. The van der Waals surface area contributed by atoms with E-state index >= 15 is 0 Å². The van der Waals surface area contributed by atoms with Crippen LogP contribution in [-0.2, 0) is 13.0 Å². The third kappa shape index (κ3) is 4.69. The maximum atomic E-state index is 6.29. The summed E-state index contributed by atoms with van der Waals surface area (Å²) in [6.07, 6.45) is 0.929. The predicted molar refractivity (Wildman–Crippen MR) is 90.4 cm³/mol. The Morgan fingerprint density at radius 3 is 2.19 bits per heavy atom. The van der Waals surface area contributed by atoms with Crippen LogP contribution < -0.4 is 5.73 Å². The molecule has 0 aromatic heterocycles. The molecular formula is C19H26N2. The summed E-state index contributed by atoms with van der Waals surface area (Å²) in [5.74, 6) is 0. The van der Waals surface area contributed by atoms with Gasteiger partial charge in [0.25, 0.3) is 0 Å². The first-order valence-corrected chi connectivity index (χ1v) is 7.59. The summed E-state index contributed by atoms with van der Waals surface area (Å²) >= 11 is 0. The highest BCUT2D eigenvalue weighted by Crippen LogP contribution is 2.15. The first-order chi connectivity index (χ1) is 10.1. The van der Waals surface area contributed by atoms with Crippen LogP contribution in [-0.4, -0.2) is 24.5 Å². The Morgan fingerprint density at radius 1 is 0.952 bits per heavy atom. The van der Waals surface area contributed by atoms with Crippen LogP contribution in [0.3, 0.4) is 0 Å². The van der Waals surface area contributed by atoms with Gasteiger partial charge < -0.3 is 10.6 Å². The fourth-order valence-corrected chi connectivity index (χ4v) is 2.81. The number of nitrogens with two attached hydrogens (primary N) is 1. The summed E-state index contributed by atoms with van der Waals surface area (Å²) in [6.45, 7) is 6.23. The Kier molecular flexibility index (Phi) is 5.54. The number of hydrogen-bond donors (Lipinski definition) is 1. The lowest BCUT2D eigenvalue weighted by atomic mass is 10.0. The second kappa shape index (κ2) is 7.39. The van der Waals surface area contributed by atoms with Crippen molar-refractivity contribution in [1.29, 1.82) is 0 Å². The molecule has 0 saturated heterocycles. The summed E-state index contributed by atoms with van der Waals surface area (Å²) in [6, 6.07) is 17.1. The minimum Gasteiger partial charge on any atom is -0.326 e. The largest absolute Gasteiger partial charge is 0.326 e. The fourth-order valence-electron chi connectivity index (χ4n) is 2.81. The third-order valence-corrected chi connectivity index (χ3v) is 3.96. The van der Waals surface area contributed by atoms with Crippen molar-refractivity contribution < 1.29 is 0 Å². The second-order valence-electron chi connectivity index (χ2n) is 6.02. The molecule has 0 aliphatic carbocycles. The van der Waals surface area contributed by atoms with E-state index < -0.39 is 0 Å². The molecule has 2 rings (SSSR count). The second-order valence-corrected chi connectivity index (χ2v) is 6.02. The summed E-state index contributed by atoms with van der Waals surface area (Å²) < 4.78 is 0. The number of likely N-dealkylation sites (N-methyl/N-ethyl adjacent to an activating group) is 1. The fraction of sp³-hybridized carbons (Fsp3) is 0.368.